The first-order valence-corrected chi connectivity index (χ1v) is 10.2. The minimum atomic E-state index is -0.239. The van der Waals surface area contributed by atoms with Gasteiger partial charge in [-0.05, 0) is 60.2 Å². The number of nitrogens with zero attached hydrogens (tertiary/aromatic N) is 1. The molecule has 0 aliphatic carbocycles. The van der Waals surface area contributed by atoms with Gasteiger partial charge in [-0.15, -0.1) is 0 Å². The third kappa shape index (κ3) is 5.17. The molecule has 0 saturated carbocycles. The number of para-hydroxylation sites is 1. The molecule has 1 unspecified atom stereocenters. The van der Waals surface area contributed by atoms with Gasteiger partial charge in [-0.2, -0.15) is 0 Å². The maximum absolute atomic E-state index is 12.4. The highest BCUT2D eigenvalue weighted by molar-refractivity contribution is 5.98. The number of aromatic nitrogens is 1. The van der Waals surface area contributed by atoms with Gasteiger partial charge in [0.2, 0.25) is 0 Å². The van der Waals surface area contributed by atoms with E-state index in [1.807, 2.05) is 49.4 Å². The van der Waals surface area contributed by atoms with Crippen LogP contribution in [0.4, 0.5) is 5.82 Å². The van der Waals surface area contributed by atoms with Gasteiger partial charge in [0, 0.05) is 12.2 Å². The summed E-state index contributed by atoms with van der Waals surface area (Å²) in [5.74, 6) is 2.57. The standard InChI is InChI=1S/C25H29N3O2/c1-16(2)18(4)21-7-5-6-8-23(21)30-20-12-10-19(11-13-20)15-27-25(29)22-14-9-17(3)28-24(22)26/h5-14,16,18H,15H2,1-4H3,(H2,26,28)(H,27,29). The molecule has 0 radical (unpaired) electrons. The highest BCUT2D eigenvalue weighted by Gasteiger charge is 2.15. The van der Waals surface area contributed by atoms with E-state index in [0.717, 1.165) is 22.8 Å². The van der Waals surface area contributed by atoms with Gasteiger partial charge in [0.1, 0.15) is 17.3 Å². The van der Waals surface area contributed by atoms with Gasteiger partial charge in [0.25, 0.3) is 5.91 Å². The first kappa shape index (κ1) is 21.4. The van der Waals surface area contributed by atoms with E-state index < -0.39 is 0 Å². The minimum absolute atomic E-state index is 0.239. The van der Waals surface area contributed by atoms with Gasteiger partial charge >= 0.3 is 0 Å². The molecule has 1 heterocycles. The minimum Gasteiger partial charge on any atom is -0.457 e. The average molecular weight is 404 g/mol. The van der Waals surface area contributed by atoms with E-state index in [0.29, 0.717) is 23.9 Å². The van der Waals surface area contributed by atoms with Crippen molar-refractivity contribution in [1.29, 1.82) is 0 Å². The summed E-state index contributed by atoms with van der Waals surface area (Å²) < 4.78 is 6.15. The number of rotatable bonds is 7. The van der Waals surface area contributed by atoms with Crippen LogP contribution in [0.2, 0.25) is 0 Å². The van der Waals surface area contributed by atoms with Crippen molar-refractivity contribution in [2.24, 2.45) is 5.92 Å². The quantitative estimate of drug-likeness (QED) is 0.550. The molecule has 0 aliphatic heterocycles. The third-order valence-electron chi connectivity index (χ3n) is 5.32. The number of benzene rings is 2. The number of hydrogen-bond acceptors (Lipinski definition) is 4. The van der Waals surface area contributed by atoms with Crippen molar-refractivity contribution in [2.75, 3.05) is 5.73 Å². The topological polar surface area (TPSA) is 77.2 Å². The van der Waals surface area contributed by atoms with Crippen LogP contribution in [-0.2, 0) is 6.54 Å². The molecule has 1 aromatic heterocycles. The number of carbonyl (C=O) groups is 1. The van der Waals surface area contributed by atoms with Gasteiger partial charge in [-0.1, -0.05) is 51.1 Å². The van der Waals surface area contributed by atoms with E-state index in [1.54, 1.807) is 12.1 Å². The van der Waals surface area contributed by atoms with E-state index in [1.165, 1.54) is 5.56 Å². The Balaban J connectivity index is 1.64. The van der Waals surface area contributed by atoms with E-state index in [2.05, 4.69) is 37.1 Å². The number of anilines is 1. The third-order valence-corrected chi connectivity index (χ3v) is 5.32. The summed E-state index contributed by atoms with van der Waals surface area (Å²) in [6.07, 6.45) is 0. The molecule has 1 atom stereocenters. The maximum Gasteiger partial charge on any atom is 0.255 e. The van der Waals surface area contributed by atoms with Crippen LogP contribution in [0.5, 0.6) is 11.5 Å². The molecule has 5 heteroatoms. The van der Waals surface area contributed by atoms with Crippen molar-refractivity contribution < 1.29 is 9.53 Å². The number of ether oxygens (including phenoxy) is 1. The fourth-order valence-electron chi connectivity index (χ4n) is 3.16. The van der Waals surface area contributed by atoms with E-state index >= 15 is 0 Å². The SMILES string of the molecule is Cc1ccc(C(=O)NCc2ccc(Oc3ccccc3C(C)C(C)C)cc2)c(N)n1. The molecule has 0 bridgehead atoms. The van der Waals surface area contributed by atoms with Crippen LogP contribution in [-0.4, -0.2) is 10.9 Å². The zero-order chi connectivity index (χ0) is 21.7. The molecular formula is C25H29N3O2. The normalized spacial score (nSPS) is 11.9. The van der Waals surface area contributed by atoms with Crippen molar-refractivity contribution >= 4 is 11.7 Å². The van der Waals surface area contributed by atoms with Crippen LogP contribution in [0.1, 0.15) is 53.9 Å². The Labute approximate surface area is 178 Å². The fraction of sp³-hybridized carbons (Fsp3) is 0.280. The summed E-state index contributed by atoms with van der Waals surface area (Å²) in [6, 6.07) is 19.3. The maximum atomic E-state index is 12.4. The number of nitrogens with two attached hydrogens (primary N) is 1. The smallest absolute Gasteiger partial charge is 0.255 e. The average Bonchev–Trinajstić information content (AvgIpc) is 2.73. The van der Waals surface area contributed by atoms with Gasteiger partial charge in [-0.3, -0.25) is 4.79 Å². The largest absolute Gasteiger partial charge is 0.457 e. The lowest BCUT2D eigenvalue weighted by atomic mass is 9.90. The molecule has 0 spiro atoms. The van der Waals surface area contributed by atoms with Crippen LogP contribution in [0.3, 0.4) is 0 Å². The van der Waals surface area contributed by atoms with E-state index in [-0.39, 0.29) is 11.7 Å². The molecule has 1 amide bonds. The highest BCUT2D eigenvalue weighted by atomic mass is 16.5. The van der Waals surface area contributed by atoms with Crippen molar-refractivity contribution in [3.8, 4) is 11.5 Å². The fourth-order valence-corrected chi connectivity index (χ4v) is 3.16. The lowest BCUT2D eigenvalue weighted by molar-refractivity contribution is 0.0951. The second-order valence-electron chi connectivity index (χ2n) is 7.88. The predicted octanol–water partition coefficient (Wildman–Crippen LogP) is 5.45. The number of pyridine rings is 1. The van der Waals surface area contributed by atoms with Crippen LogP contribution in [0.15, 0.2) is 60.7 Å². The van der Waals surface area contributed by atoms with Gasteiger partial charge in [0.05, 0.1) is 5.56 Å². The molecule has 0 fully saturated rings. The van der Waals surface area contributed by atoms with Crippen LogP contribution in [0.25, 0.3) is 0 Å². The zero-order valence-electron chi connectivity index (χ0n) is 18.0. The number of hydrogen-bond donors (Lipinski definition) is 2. The monoisotopic (exact) mass is 403 g/mol. The molecule has 5 nitrogen and oxygen atoms in total. The first-order chi connectivity index (χ1) is 14.3. The molecular weight excluding hydrogens is 374 g/mol. The summed E-state index contributed by atoms with van der Waals surface area (Å²) in [7, 11) is 0. The zero-order valence-corrected chi connectivity index (χ0v) is 18.0. The summed E-state index contributed by atoms with van der Waals surface area (Å²) in [5, 5.41) is 2.88. The van der Waals surface area contributed by atoms with Gasteiger partial charge < -0.3 is 15.8 Å². The predicted molar refractivity (Wildman–Crippen MR) is 121 cm³/mol. The molecule has 0 aliphatic rings. The molecule has 0 saturated heterocycles. The Kier molecular flexibility index (Phi) is 6.72. The highest BCUT2D eigenvalue weighted by Crippen LogP contribution is 2.34. The summed E-state index contributed by atoms with van der Waals surface area (Å²) in [6.45, 7) is 8.88. The van der Waals surface area contributed by atoms with Crippen LogP contribution < -0.4 is 15.8 Å². The van der Waals surface area contributed by atoms with Crippen LogP contribution in [0, 0.1) is 12.8 Å². The molecule has 2 aromatic carbocycles. The molecule has 3 N–H and O–H groups in total. The van der Waals surface area contributed by atoms with Crippen molar-refractivity contribution in [3.63, 3.8) is 0 Å². The van der Waals surface area contributed by atoms with E-state index in [9.17, 15) is 4.79 Å². The van der Waals surface area contributed by atoms with Crippen molar-refractivity contribution in [2.45, 2.75) is 40.2 Å². The van der Waals surface area contributed by atoms with Crippen molar-refractivity contribution in [1.82, 2.24) is 10.3 Å². The number of nitrogen functional groups attached to an aromatic ring is 1. The number of aryl methyl sites for hydroxylation is 1. The van der Waals surface area contributed by atoms with Crippen molar-refractivity contribution in [3.05, 3.63) is 83.0 Å². The number of amides is 1. The molecule has 30 heavy (non-hydrogen) atoms. The second-order valence-corrected chi connectivity index (χ2v) is 7.88. The summed E-state index contributed by atoms with van der Waals surface area (Å²) in [4.78, 5) is 16.5. The van der Waals surface area contributed by atoms with Gasteiger partial charge in [-0.25, -0.2) is 4.98 Å². The lowest BCUT2D eigenvalue weighted by Gasteiger charge is -2.19. The summed E-state index contributed by atoms with van der Waals surface area (Å²) in [5.41, 5.74) is 9.19. The molecule has 3 rings (SSSR count). The summed E-state index contributed by atoms with van der Waals surface area (Å²) >= 11 is 0. The number of carbonyl (C=O) groups excluding carboxylic acids is 1. The van der Waals surface area contributed by atoms with E-state index in [4.69, 9.17) is 10.5 Å². The molecule has 3 aromatic rings. The first-order valence-electron chi connectivity index (χ1n) is 10.2. The number of nitrogens with one attached hydrogen (secondary N) is 1. The Morgan fingerprint density at radius 3 is 2.40 bits per heavy atom. The lowest BCUT2D eigenvalue weighted by Crippen LogP contribution is -2.24. The Bertz CT molecular complexity index is 1010. The Hall–Kier alpha value is -3.34. The van der Waals surface area contributed by atoms with Crippen LogP contribution >= 0.6 is 0 Å². The Morgan fingerprint density at radius 2 is 1.73 bits per heavy atom. The second kappa shape index (κ2) is 9.44. The van der Waals surface area contributed by atoms with Gasteiger partial charge in [0.15, 0.2) is 0 Å². The Morgan fingerprint density at radius 1 is 1.03 bits per heavy atom. The molecule has 156 valence electrons.